The van der Waals surface area contributed by atoms with Gasteiger partial charge in [-0.15, -0.1) is 0 Å². The largest absolute Gasteiger partial charge is 0.454 e. The number of aromatic nitrogens is 1. The van der Waals surface area contributed by atoms with E-state index in [0.717, 1.165) is 5.56 Å². The van der Waals surface area contributed by atoms with E-state index in [-0.39, 0.29) is 12.7 Å². The van der Waals surface area contributed by atoms with Gasteiger partial charge in [0.1, 0.15) is 5.82 Å². The molecule has 1 fully saturated rings. The monoisotopic (exact) mass is 366 g/mol. The molecule has 0 saturated heterocycles. The van der Waals surface area contributed by atoms with Crippen molar-refractivity contribution in [2.24, 2.45) is 0 Å². The van der Waals surface area contributed by atoms with Crippen LogP contribution >= 0.6 is 0 Å². The molecule has 6 nitrogen and oxygen atoms in total. The number of halogens is 1. The summed E-state index contributed by atoms with van der Waals surface area (Å²) in [5.41, 5.74) is 1.05. The maximum atomic E-state index is 13.3. The van der Waals surface area contributed by atoms with E-state index in [0.29, 0.717) is 41.5 Å². The van der Waals surface area contributed by atoms with E-state index in [2.05, 4.69) is 10.5 Å². The lowest BCUT2D eigenvalue weighted by atomic mass is 10.00. The second-order valence-electron chi connectivity index (χ2n) is 6.69. The van der Waals surface area contributed by atoms with E-state index >= 15 is 0 Å². The van der Waals surface area contributed by atoms with Gasteiger partial charge in [0, 0.05) is 17.3 Å². The number of hydrogen-bond acceptors (Lipinski definition) is 5. The van der Waals surface area contributed by atoms with Gasteiger partial charge in [0.15, 0.2) is 17.3 Å². The van der Waals surface area contributed by atoms with Crippen molar-refractivity contribution in [3.05, 3.63) is 60.0 Å². The molecular weight excluding hydrogens is 351 g/mol. The normalized spacial score (nSPS) is 16.2. The molecule has 0 bridgehead atoms. The van der Waals surface area contributed by atoms with Gasteiger partial charge >= 0.3 is 0 Å². The van der Waals surface area contributed by atoms with Gasteiger partial charge in [-0.25, -0.2) is 4.39 Å². The molecule has 136 valence electrons. The first-order valence-corrected chi connectivity index (χ1v) is 8.58. The Morgan fingerprint density at radius 3 is 2.74 bits per heavy atom. The van der Waals surface area contributed by atoms with E-state index in [4.69, 9.17) is 14.0 Å². The summed E-state index contributed by atoms with van der Waals surface area (Å²) in [7, 11) is 0. The molecule has 2 heterocycles. The minimum Gasteiger partial charge on any atom is -0.454 e. The summed E-state index contributed by atoms with van der Waals surface area (Å²) in [4.78, 5) is 12.8. The molecule has 3 aromatic rings. The van der Waals surface area contributed by atoms with Crippen LogP contribution in [0.2, 0.25) is 0 Å². The Bertz CT molecular complexity index is 1040. The molecule has 5 rings (SSSR count). The molecule has 2 aliphatic rings. The fourth-order valence-corrected chi connectivity index (χ4v) is 3.23. The Kier molecular flexibility index (Phi) is 3.43. The molecule has 27 heavy (non-hydrogen) atoms. The highest BCUT2D eigenvalue weighted by atomic mass is 19.1. The van der Waals surface area contributed by atoms with Crippen LogP contribution in [-0.4, -0.2) is 17.9 Å². The van der Waals surface area contributed by atoms with Gasteiger partial charge < -0.3 is 19.3 Å². The first-order chi connectivity index (χ1) is 13.1. The SMILES string of the molecule is O=C(Nc1cccc(F)c1)C1(c2cc(-c3ccc4c(c3)OCO4)on2)CC1. The highest BCUT2D eigenvalue weighted by Crippen LogP contribution is 2.49. The van der Waals surface area contributed by atoms with Crippen LogP contribution in [0.5, 0.6) is 11.5 Å². The van der Waals surface area contributed by atoms with Crippen molar-refractivity contribution in [1.29, 1.82) is 0 Å². The number of ether oxygens (including phenoxy) is 2. The molecule has 2 aromatic carbocycles. The van der Waals surface area contributed by atoms with Crippen LogP contribution in [0.3, 0.4) is 0 Å². The van der Waals surface area contributed by atoms with Crippen molar-refractivity contribution in [1.82, 2.24) is 5.16 Å². The highest BCUT2D eigenvalue weighted by molar-refractivity contribution is 6.01. The summed E-state index contributed by atoms with van der Waals surface area (Å²) in [5, 5.41) is 6.89. The van der Waals surface area contributed by atoms with Crippen molar-refractivity contribution in [3.63, 3.8) is 0 Å². The van der Waals surface area contributed by atoms with E-state index in [1.165, 1.54) is 12.1 Å². The van der Waals surface area contributed by atoms with Gasteiger partial charge in [0.05, 0.1) is 11.1 Å². The van der Waals surface area contributed by atoms with Gasteiger partial charge in [-0.3, -0.25) is 4.79 Å². The van der Waals surface area contributed by atoms with Gasteiger partial charge in [-0.1, -0.05) is 11.2 Å². The first kappa shape index (κ1) is 15.9. The third-order valence-corrected chi connectivity index (χ3v) is 4.92. The Morgan fingerprint density at radius 2 is 1.93 bits per heavy atom. The number of nitrogens with one attached hydrogen (secondary N) is 1. The summed E-state index contributed by atoms with van der Waals surface area (Å²) in [6.45, 7) is 0.198. The maximum Gasteiger partial charge on any atom is 0.236 e. The lowest BCUT2D eigenvalue weighted by molar-refractivity contribution is -0.118. The van der Waals surface area contributed by atoms with Gasteiger partial charge in [-0.05, 0) is 49.2 Å². The van der Waals surface area contributed by atoms with Crippen molar-refractivity contribution >= 4 is 11.6 Å². The van der Waals surface area contributed by atoms with Crippen LogP contribution in [0.15, 0.2) is 53.1 Å². The van der Waals surface area contributed by atoms with Crippen LogP contribution in [0.25, 0.3) is 11.3 Å². The predicted octanol–water partition coefficient (Wildman–Crippen LogP) is 3.88. The molecule has 1 aromatic heterocycles. The molecule has 0 unspecified atom stereocenters. The summed E-state index contributed by atoms with van der Waals surface area (Å²) in [6.07, 6.45) is 1.34. The fraction of sp³-hybridized carbons (Fsp3) is 0.200. The molecule has 0 radical (unpaired) electrons. The molecule has 1 aliphatic heterocycles. The summed E-state index contributed by atoms with van der Waals surface area (Å²) >= 11 is 0. The number of carbonyl (C=O) groups is 1. The van der Waals surface area contributed by atoms with Gasteiger partial charge in [-0.2, -0.15) is 0 Å². The number of nitrogens with zero attached hydrogens (tertiary/aromatic N) is 1. The Hall–Kier alpha value is -3.35. The molecule has 1 amide bonds. The van der Waals surface area contributed by atoms with Crippen LogP contribution in [0, 0.1) is 5.82 Å². The van der Waals surface area contributed by atoms with E-state index in [1.54, 1.807) is 18.2 Å². The van der Waals surface area contributed by atoms with E-state index in [1.807, 2.05) is 18.2 Å². The van der Waals surface area contributed by atoms with E-state index < -0.39 is 11.2 Å². The first-order valence-electron chi connectivity index (χ1n) is 8.58. The third kappa shape index (κ3) is 2.71. The Labute approximate surface area is 153 Å². The van der Waals surface area contributed by atoms with Crippen LogP contribution in [-0.2, 0) is 10.2 Å². The number of benzene rings is 2. The lowest BCUT2D eigenvalue weighted by Gasteiger charge is -2.12. The van der Waals surface area contributed by atoms with Crippen LogP contribution < -0.4 is 14.8 Å². The second kappa shape index (κ2) is 5.84. The molecule has 0 spiro atoms. The minimum absolute atomic E-state index is 0.198. The van der Waals surface area contributed by atoms with Gasteiger partial charge in [0.25, 0.3) is 0 Å². The summed E-state index contributed by atoms with van der Waals surface area (Å²) in [6, 6.07) is 13.1. The standard InChI is InChI=1S/C20H15FN2O4/c21-13-2-1-3-14(9-13)22-19(24)20(6-7-20)18-10-16(27-23-18)12-4-5-15-17(8-12)26-11-25-15/h1-5,8-10H,6-7,11H2,(H,22,24). The Balaban J connectivity index is 1.39. The zero-order valence-electron chi connectivity index (χ0n) is 14.2. The van der Waals surface area contributed by atoms with Crippen molar-refractivity contribution in [2.45, 2.75) is 18.3 Å². The third-order valence-electron chi connectivity index (χ3n) is 4.92. The molecule has 7 heteroatoms. The molecule has 1 saturated carbocycles. The smallest absolute Gasteiger partial charge is 0.236 e. The number of anilines is 1. The van der Waals surface area contributed by atoms with Crippen molar-refractivity contribution in [3.8, 4) is 22.8 Å². The number of carbonyl (C=O) groups excluding carboxylic acids is 1. The minimum atomic E-state index is -0.732. The zero-order valence-corrected chi connectivity index (χ0v) is 14.2. The Morgan fingerprint density at radius 1 is 1.07 bits per heavy atom. The number of hydrogen-bond donors (Lipinski definition) is 1. The maximum absolute atomic E-state index is 13.3. The van der Waals surface area contributed by atoms with Crippen molar-refractivity contribution in [2.75, 3.05) is 12.1 Å². The zero-order chi connectivity index (χ0) is 18.4. The topological polar surface area (TPSA) is 73.6 Å². The highest BCUT2D eigenvalue weighted by Gasteiger charge is 2.53. The molecule has 0 atom stereocenters. The second-order valence-corrected chi connectivity index (χ2v) is 6.69. The quantitative estimate of drug-likeness (QED) is 0.759. The lowest BCUT2D eigenvalue weighted by Crippen LogP contribution is -2.28. The van der Waals surface area contributed by atoms with E-state index in [9.17, 15) is 9.18 Å². The predicted molar refractivity (Wildman–Crippen MR) is 94.0 cm³/mol. The van der Waals surface area contributed by atoms with Gasteiger partial charge in [0.2, 0.25) is 12.7 Å². The molecule has 1 N–H and O–H groups in total. The summed E-state index contributed by atoms with van der Waals surface area (Å²) < 4.78 is 29.5. The molecular formula is C20H15FN2O4. The number of fused-ring (bicyclic) bond motifs is 1. The van der Waals surface area contributed by atoms with Crippen LogP contribution in [0.4, 0.5) is 10.1 Å². The average Bonchev–Trinajstić information content (AvgIpc) is 3.11. The van der Waals surface area contributed by atoms with Crippen molar-refractivity contribution < 1.29 is 23.2 Å². The molecule has 1 aliphatic carbocycles. The fourth-order valence-electron chi connectivity index (χ4n) is 3.23. The number of amides is 1. The number of rotatable bonds is 4. The average molecular weight is 366 g/mol. The van der Waals surface area contributed by atoms with Crippen LogP contribution in [0.1, 0.15) is 18.5 Å². The summed E-state index contributed by atoms with van der Waals surface area (Å²) in [5.74, 6) is 1.28.